The first-order chi connectivity index (χ1) is 17.0. The normalized spacial score (nSPS) is 11.7. The van der Waals surface area contributed by atoms with E-state index >= 15 is 0 Å². The lowest BCUT2D eigenvalue weighted by molar-refractivity contribution is -0.115. The van der Waals surface area contributed by atoms with Crippen LogP contribution in [0.4, 0.5) is 10.9 Å². The van der Waals surface area contributed by atoms with E-state index in [1.54, 1.807) is 13.1 Å². The number of hydrogen-bond donors (Lipinski definition) is 3. The zero-order valence-corrected chi connectivity index (χ0v) is 19.6. The van der Waals surface area contributed by atoms with Crippen LogP contribution in [-0.4, -0.2) is 37.7 Å². The Bertz CT molecular complexity index is 1580. The predicted octanol–water partition coefficient (Wildman–Crippen LogP) is 5.05. The molecule has 0 atom stereocenters. The fourth-order valence-corrected chi connectivity index (χ4v) is 4.38. The van der Waals surface area contributed by atoms with E-state index in [1.165, 1.54) is 17.5 Å². The minimum absolute atomic E-state index is 0.348. The van der Waals surface area contributed by atoms with Crippen LogP contribution in [0.5, 0.6) is 5.75 Å². The van der Waals surface area contributed by atoms with E-state index in [4.69, 9.17) is 9.26 Å². The number of rotatable bonds is 7. The van der Waals surface area contributed by atoms with E-state index in [9.17, 15) is 9.90 Å². The van der Waals surface area contributed by atoms with E-state index in [0.717, 1.165) is 21.0 Å². The standard InChI is InChI=1S/C24H20N6O4S/c1-3-33-19-6-4-5-17-20(19)35-24(28-17)29-23(32)18(31)12-26-22-16-11-15(21-27-13(2)34-30-21)8-7-14(16)9-10-25-22/h4-12,31H,3H2,1-2H3,(H,25,26)(H,28,29,32)/b18-12-. The van der Waals surface area contributed by atoms with Gasteiger partial charge in [0.15, 0.2) is 10.9 Å². The summed E-state index contributed by atoms with van der Waals surface area (Å²) < 4.78 is 11.5. The van der Waals surface area contributed by atoms with Crippen LogP contribution < -0.4 is 15.4 Å². The first-order valence-electron chi connectivity index (χ1n) is 10.7. The lowest BCUT2D eigenvalue weighted by Crippen LogP contribution is -2.15. The second-order valence-corrected chi connectivity index (χ2v) is 8.42. The number of amides is 1. The maximum absolute atomic E-state index is 12.5. The largest absolute Gasteiger partial charge is 0.502 e. The number of carbonyl (C=O) groups is 1. The molecule has 0 fully saturated rings. The number of benzene rings is 2. The summed E-state index contributed by atoms with van der Waals surface area (Å²) in [5.74, 6) is 0.828. The molecule has 0 spiro atoms. The molecular weight excluding hydrogens is 468 g/mol. The van der Waals surface area contributed by atoms with Gasteiger partial charge in [-0.05, 0) is 36.6 Å². The SMILES string of the molecule is CCOc1cccc2nc(NC(=O)/C(O)=C/Nc3nccc4ccc(-c5noc(C)n5)cc34)sc12. The Kier molecular flexibility index (Phi) is 5.98. The maximum atomic E-state index is 12.5. The third-order valence-corrected chi connectivity index (χ3v) is 6.03. The monoisotopic (exact) mass is 488 g/mol. The fraction of sp³-hybridized carbons (Fsp3) is 0.125. The lowest BCUT2D eigenvalue weighted by Gasteiger charge is -2.07. The first-order valence-corrected chi connectivity index (χ1v) is 11.5. The molecule has 0 saturated carbocycles. The third-order valence-electron chi connectivity index (χ3n) is 5.03. The summed E-state index contributed by atoms with van der Waals surface area (Å²) in [6.07, 6.45) is 2.81. The zero-order valence-electron chi connectivity index (χ0n) is 18.8. The minimum atomic E-state index is -0.710. The highest BCUT2D eigenvalue weighted by Crippen LogP contribution is 2.34. The molecule has 10 nitrogen and oxygen atoms in total. The lowest BCUT2D eigenvalue weighted by atomic mass is 10.1. The predicted molar refractivity (Wildman–Crippen MR) is 134 cm³/mol. The number of nitrogens with zero attached hydrogens (tertiary/aromatic N) is 4. The smallest absolute Gasteiger partial charge is 0.293 e. The van der Waals surface area contributed by atoms with Crippen molar-refractivity contribution in [2.24, 2.45) is 0 Å². The molecule has 0 aliphatic rings. The van der Waals surface area contributed by atoms with Crippen LogP contribution in [0, 0.1) is 6.92 Å². The van der Waals surface area contributed by atoms with E-state index in [1.807, 2.05) is 49.4 Å². The zero-order chi connectivity index (χ0) is 24.4. The van der Waals surface area contributed by atoms with Crippen molar-refractivity contribution in [1.82, 2.24) is 20.1 Å². The van der Waals surface area contributed by atoms with Crippen molar-refractivity contribution < 1.29 is 19.2 Å². The van der Waals surface area contributed by atoms with Gasteiger partial charge in [-0.15, -0.1) is 0 Å². The maximum Gasteiger partial charge on any atom is 0.293 e. The molecule has 0 radical (unpaired) electrons. The molecule has 0 aliphatic heterocycles. The van der Waals surface area contributed by atoms with Crippen LogP contribution in [0.3, 0.4) is 0 Å². The Morgan fingerprint density at radius 2 is 2.11 bits per heavy atom. The van der Waals surface area contributed by atoms with Crippen LogP contribution in [0.25, 0.3) is 32.4 Å². The van der Waals surface area contributed by atoms with Gasteiger partial charge in [0.2, 0.25) is 11.7 Å². The number of ether oxygens (including phenoxy) is 1. The van der Waals surface area contributed by atoms with Crippen molar-refractivity contribution in [3.63, 3.8) is 0 Å². The average Bonchev–Trinajstić information content (AvgIpc) is 3.48. The fourth-order valence-electron chi connectivity index (χ4n) is 3.45. The van der Waals surface area contributed by atoms with E-state index in [-0.39, 0.29) is 0 Å². The Balaban J connectivity index is 1.35. The summed E-state index contributed by atoms with van der Waals surface area (Å²) >= 11 is 1.27. The molecular formula is C24H20N6O4S. The van der Waals surface area contributed by atoms with Gasteiger partial charge < -0.3 is 19.7 Å². The van der Waals surface area contributed by atoms with E-state index < -0.39 is 11.7 Å². The minimum Gasteiger partial charge on any atom is -0.502 e. The number of hydrogen-bond acceptors (Lipinski definition) is 10. The van der Waals surface area contributed by atoms with Gasteiger partial charge in [-0.2, -0.15) is 4.98 Å². The summed E-state index contributed by atoms with van der Waals surface area (Å²) in [4.78, 5) is 25.5. The molecule has 3 N–H and O–H groups in total. The Labute approximate surface area is 203 Å². The molecule has 0 bridgehead atoms. The quantitative estimate of drug-likeness (QED) is 0.212. The molecule has 11 heteroatoms. The van der Waals surface area contributed by atoms with Gasteiger partial charge in [0.25, 0.3) is 5.91 Å². The number of fused-ring (bicyclic) bond motifs is 2. The van der Waals surface area contributed by atoms with Gasteiger partial charge in [-0.1, -0.05) is 34.7 Å². The molecule has 0 saturated heterocycles. The highest BCUT2D eigenvalue weighted by Gasteiger charge is 2.14. The number of aliphatic hydroxyl groups is 1. The molecule has 176 valence electrons. The molecule has 35 heavy (non-hydrogen) atoms. The summed E-state index contributed by atoms with van der Waals surface area (Å²) in [5.41, 5.74) is 1.45. The van der Waals surface area contributed by atoms with Crippen molar-refractivity contribution in [3.8, 4) is 17.1 Å². The Hall–Kier alpha value is -4.51. The van der Waals surface area contributed by atoms with Crippen LogP contribution in [0.1, 0.15) is 12.8 Å². The van der Waals surface area contributed by atoms with Crippen LogP contribution in [0.15, 0.2) is 65.1 Å². The average molecular weight is 489 g/mol. The summed E-state index contributed by atoms with van der Waals surface area (Å²) in [6.45, 7) is 4.14. The van der Waals surface area contributed by atoms with Gasteiger partial charge in [-0.25, -0.2) is 9.97 Å². The molecule has 0 aliphatic carbocycles. The van der Waals surface area contributed by atoms with Crippen molar-refractivity contribution in [2.45, 2.75) is 13.8 Å². The third kappa shape index (κ3) is 4.62. The van der Waals surface area contributed by atoms with Gasteiger partial charge in [-0.3, -0.25) is 10.1 Å². The van der Waals surface area contributed by atoms with Crippen LogP contribution in [0.2, 0.25) is 0 Å². The van der Waals surface area contributed by atoms with Crippen LogP contribution >= 0.6 is 11.3 Å². The molecule has 1 amide bonds. The molecule has 0 unspecified atom stereocenters. The van der Waals surface area contributed by atoms with Crippen molar-refractivity contribution in [1.29, 1.82) is 0 Å². The topological polar surface area (TPSA) is 135 Å². The van der Waals surface area contributed by atoms with Gasteiger partial charge >= 0.3 is 0 Å². The number of nitrogens with one attached hydrogen (secondary N) is 2. The number of anilines is 2. The molecule has 2 aromatic carbocycles. The van der Waals surface area contributed by atoms with Gasteiger partial charge in [0.1, 0.15) is 11.6 Å². The number of pyridine rings is 1. The molecule has 3 heterocycles. The molecule has 3 aromatic heterocycles. The molecule has 5 aromatic rings. The second-order valence-electron chi connectivity index (χ2n) is 7.42. The summed E-state index contributed by atoms with van der Waals surface area (Å²) in [7, 11) is 0. The van der Waals surface area contributed by atoms with E-state index in [2.05, 4.69) is 30.7 Å². The van der Waals surface area contributed by atoms with Gasteiger partial charge in [0, 0.05) is 24.1 Å². The number of aliphatic hydroxyl groups excluding tert-OH is 1. The Morgan fingerprint density at radius 1 is 1.23 bits per heavy atom. The van der Waals surface area contributed by atoms with Crippen molar-refractivity contribution in [3.05, 3.63) is 66.5 Å². The van der Waals surface area contributed by atoms with E-state index in [0.29, 0.717) is 40.5 Å². The van der Waals surface area contributed by atoms with Crippen LogP contribution in [-0.2, 0) is 4.79 Å². The highest BCUT2D eigenvalue weighted by atomic mass is 32.1. The first kappa shape index (κ1) is 22.3. The van der Waals surface area contributed by atoms with Crippen molar-refractivity contribution >= 4 is 49.2 Å². The number of carbonyl (C=O) groups excluding carboxylic acids is 1. The Morgan fingerprint density at radius 3 is 2.91 bits per heavy atom. The summed E-state index contributed by atoms with van der Waals surface area (Å²) in [6, 6.07) is 13.0. The van der Waals surface area contributed by atoms with Crippen molar-refractivity contribution in [2.75, 3.05) is 17.2 Å². The number of aromatic nitrogens is 4. The number of aryl methyl sites for hydroxylation is 1. The van der Waals surface area contributed by atoms with Gasteiger partial charge in [0.05, 0.1) is 23.0 Å². The summed E-state index contributed by atoms with van der Waals surface area (Å²) in [5, 5.41) is 21.8. The second kappa shape index (κ2) is 9.39. The highest BCUT2D eigenvalue weighted by molar-refractivity contribution is 7.22. The molecule has 5 rings (SSSR count). The number of thiazole rings is 1.